The fraction of sp³-hybridized carbons (Fsp3) is 0.0556. The fourth-order valence-corrected chi connectivity index (χ4v) is 2.79. The third-order valence-electron chi connectivity index (χ3n) is 3.66. The van der Waals surface area contributed by atoms with E-state index in [1.54, 1.807) is 12.1 Å². The van der Waals surface area contributed by atoms with Crippen molar-refractivity contribution in [2.75, 3.05) is 7.11 Å². The van der Waals surface area contributed by atoms with Gasteiger partial charge in [-0.3, -0.25) is 0 Å². The first kappa shape index (κ1) is 13.6. The van der Waals surface area contributed by atoms with Crippen LogP contribution in [0.5, 0.6) is 0 Å². The molecular formula is C18H10N2O2. The molecule has 2 aromatic rings. The summed E-state index contributed by atoms with van der Waals surface area (Å²) in [6.45, 7) is 7.23. The molecule has 1 aliphatic carbocycles. The zero-order chi connectivity index (χ0) is 15.7. The predicted molar refractivity (Wildman–Crippen MR) is 81.5 cm³/mol. The number of ether oxygens (including phenoxy) is 1. The first-order valence-corrected chi connectivity index (χ1v) is 6.56. The van der Waals surface area contributed by atoms with Crippen molar-refractivity contribution in [3.8, 4) is 17.2 Å². The summed E-state index contributed by atoms with van der Waals surface area (Å²) in [5.74, 6) is -0.436. The monoisotopic (exact) mass is 286 g/mol. The van der Waals surface area contributed by atoms with Gasteiger partial charge in [-0.1, -0.05) is 36.4 Å². The van der Waals surface area contributed by atoms with Crippen LogP contribution in [0, 0.1) is 17.9 Å². The Bertz CT molecular complexity index is 895. The minimum Gasteiger partial charge on any atom is -0.465 e. The van der Waals surface area contributed by atoms with Gasteiger partial charge in [-0.2, -0.15) is 0 Å². The summed E-state index contributed by atoms with van der Waals surface area (Å²) >= 11 is 0. The van der Waals surface area contributed by atoms with E-state index < -0.39 is 5.97 Å². The molecule has 0 unspecified atom stereocenters. The van der Waals surface area contributed by atoms with Gasteiger partial charge in [0.25, 0.3) is 5.70 Å². The Morgan fingerprint density at radius 1 is 1.14 bits per heavy atom. The van der Waals surface area contributed by atoms with Gasteiger partial charge in [0.05, 0.1) is 25.3 Å². The van der Waals surface area contributed by atoms with Gasteiger partial charge in [0.15, 0.2) is 0 Å². The summed E-state index contributed by atoms with van der Waals surface area (Å²) in [7, 11) is 1.33. The van der Waals surface area contributed by atoms with Crippen molar-refractivity contribution in [1.29, 1.82) is 5.26 Å². The zero-order valence-electron chi connectivity index (χ0n) is 11.8. The van der Waals surface area contributed by atoms with Gasteiger partial charge in [-0.15, -0.1) is 0 Å². The number of nitriles is 1. The molecule has 0 atom stereocenters. The maximum atomic E-state index is 12.0. The summed E-state index contributed by atoms with van der Waals surface area (Å²) in [4.78, 5) is 15.4. The molecule has 22 heavy (non-hydrogen) atoms. The number of esters is 1. The molecule has 0 saturated heterocycles. The molecular weight excluding hydrogens is 276 g/mol. The molecule has 0 aliphatic heterocycles. The topological polar surface area (TPSA) is 54.5 Å². The van der Waals surface area contributed by atoms with E-state index in [2.05, 4.69) is 4.85 Å². The third-order valence-corrected chi connectivity index (χ3v) is 3.66. The van der Waals surface area contributed by atoms with Crippen molar-refractivity contribution in [3.63, 3.8) is 0 Å². The number of allylic oxidation sites excluding steroid dienone is 1. The molecule has 4 heteroatoms. The molecule has 4 nitrogen and oxygen atoms in total. The predicted octanol–water partition coefficient (Wildman–Crippen LogP) is 3.66. The quantitative estimate of drug-likeness (QED) is 0.390. The lowest BCUT2D eigenvalue weighted by atomic mass is 9.99. The number of methoxy groups -OCH3 is 1. The SMILES string of the molecule is [C-]#[N+]C(C#N)=C1c2ccccc2-c2c(C(=O)OC)cccc21. The van der Waals surface area contributed by atoms with Crippen LogP contribution in [0.15, 0.2) is 48.2 Å². The second kappa shape index (κ2) is 5.20. The zero-order valence-corrected chi connectivity index (χ0v) is 11.8. The number of carbonyl (C=O) groups is 1. The molecule has 0 spiro atoms. The minimum absolute atomic E-state index is 0.0215. The van der Waals surface area contributed by atoms with E-state index in [9.17, 15) is 10.1 Å². The summed E-state index contributed by atoms with van der Waals surface area (Å²) in [5, 5.41) is 9.25. The first-order chi connectivity index (χ1) is 10.7. The highest BCUT2D eigenvalue weighted by Gasteiger charge is 2.29. The molecule has 0 amide bonds. The van der Waals surface area contributed by atoms with Crippen LogP contribution in [0.3, 0.4) is 0 Å². The lowest BCUT2D eigenvalue weighted by Crippen LogP contribution is -2.03. The normalized spacial score (nSPS) is 13.4. The van der Waals surface area contributed by atoms with Crippen LogP contribution in [0.4, 0.5) is 0 Å². The van der Waals surface area contributed by atoms with Gasteiger partial charge >= 0.3 is 5.97 Å². The van der Waals surface area contributed by atoms with Crippen molar-refractivity contribution in [3.05, 3.63) is 76.3 Å². The first-order valence-electron chi connectivity index (χ1n) is 6.56. The molecule has 2 aromatic carbocycles. The van der Waals surface area contributed by atoms with E-state index in [4.69, 9.17) is 11.3 Å². The Kier molecular flexibility index (Phi) is 3.21. The molecule has 3 rings (SSSR count). The van der Waals surface area contributed by atoms with Crippen LogP contribution in [0.2, 0.25) is 0 Å². The lowest BCUT2D eigenvalue weighted by molar-refractivity contribution is 0.0601. The Morgan fingerprint density at radius 3 is 2.45 bits per heavy atom. The molecule has 0 N–H and O–H groups in total. The summed E-state index contributed by atoms with van der Waals surface area (Å²) in [6, 6.07) is 14.6. The van der Waals surface area contributed by atoms with Gasteiger partial charge in [0.1, 0.15) is 0 Å². The van der Waals surface area contributed by atoms with E-state index in [0.29, 0.717) is 11.1 Å². The number of nitrogens with zero attached hydrogens (tertiary/aromatic N) is 2. The van der Waals surface area contributed by atoms with Crippen LogP contribution in [-0.2, 0) is 4.74 Å². The largest absolute Gasteiger partial charge is 0.465 e. The van der Waals surface area contributed by atoms with Crippen LogP contribution in [0.25, 0.3) is 21.5 Å². The minimum atomic E-state index is -0.436. The van der Waals surface area contributed by atoms with Gasteiger partial charge in [-0.25, -0.2) is 14.9 Å². The van der Waals surface area contributed by atoms with Crippen molar-refractivity contribution in [2.45, 2.75) is 0 Å². The van der Waals surface area contributed by atoms with Gasteiger partial charge in [-0.05, 0) is 22.8 Å². The average Bonchev–Trinajstić information content (AvgIpc) is 2.90. The molecule has 0 heterocycles. The lowest BCUT2D eigenvalue weighted by Gasteiger charge is -2.07. The Labute approximate surface area is 127 Å². The van der Waals surface area contributed by atoms with Crippen molar-refractivity contribution >= 4 is 11.5 Å². The summed E-state index contributed by atoms with van der Waals surface area (Å²) < 4.78 is 4.84. The van der Waals surface area contributed by atoms with Gasteiger partial charge in [0, 0.05) is 11.1 Å². The fourth-order valence-electron chi connectivity index (χ4n) is 2.79. The van der Waals surface area contributed by atoms with Gasteiger partial charge < -0.3 is 4.74 Å². The van der Waals surface area contributed by atoms with E-state index in [1.165, 1.54) is 7.11 Å². The molecule has 0 saturated carbocycles. The number of benzene rings is 2. The molecule has 0 bridgehead atoms. The Morgan fingerprint density at radius 2 is 1.82 bits per heavy atom. The van der Waals surface area contributed by atoms with Crippen molar-refractivity contribution in [2.24, 2.45) is 0 Å². The number of carbonyl (C=O) groups excluding carboxylic acids is 1. The van der Waals surface area contributed by atoms with E-state index in [1.807, 2.05) is 36.4 Å². The smallest absolute Gasteiger partial charge is 0.338 e. The highest BCUT2D eigenvalue weighted by Crippen LogP contribution is 2.47. The van der Waals surface area contributed by atoms with Crippen molar-refractivity contribution in [1.82, 2.24) is 0 Å². The second-order valence-corrected chi connectivity index (χ2v) is 4.71. The Hall–Kier alpha value is -3.37. The maximum Gasteiger partial charge on any atom is 0.338 e. The molecule has 1 aliphatic rings. The van der Waals surface area contributed by atoms with E-state index in [0.717, 1.165) is 22.3 Å². The highest BCUT2D eigenvalue weighted by molar-refractivity contribution is 6.10. The number of fused-ring (bicyclic) bond motifs is 3. The number of hydrogen-bond acceptors (Lipinski definition) is 3. The van der Waals surface area contributed by atoms with Crippen LogP contribution in [-0.4, -0.2) is 13.1 Å². The number of rotatable bonds is 1. The van der Waals surface area contributed by atoms with Crippen LogP contribution >= 0.6 is 0 Å². The average molecular weight is 286 g/mol. The van der Waals surface area contributed by atoms with E-state index in [-0.39, 0.29) is 5.70 Å². The summed E-state index contributed by atoms with van der Waals surface area (Å²) in [5.41, 5.74) is 4.10. The molecule has 104 valence electrons. The molecule has 0 radical (unpaired) electrons. The standard InChI is InChI=1S/C18H10N2O2/c1-20-15(10-19)17-12-7-4-3-6-11(12)16-13(17)8-5-9-14(16)18(21)22-2/h3-9H,2H3. The maximum absolute atomic E-state index is 12.0. The van der Waals surface area contributed by atoms with Crippen LogP contribution in [0.1, 0.15) is 21.5 Å². The van der Waals surface area contributed by atoms with Crippen molar-refractivity contribution < 1.29 is 9.53 Å². The highest BCUT2D eigenvalue weighted by atomic mass is 16.5. The van der Waals surface area contributed by atoms with Gasteiger partial charge in [0.2, 0.25) is 0 Å². The van der Waals surface area contributed by atoms with Crippen LogP contribution < -0.4 is 0 Å². The van der Waals surface area contributed by atoms with E-state index >= 15 is 0 Å². The number of hydrogen-bond donors (Lipinski definition) is 0. The molecule has 0 aromatic heterocycles. The second-order valence-electron chi connectivity index (χ2n) is 4.71. The molecule has 0 fully saturated rings. The third kappa shape index (κ3) is 1.79. The Balaban J connectivity index is 2.46. The summed E-state index contributed by atoms with van der Waals surface area (Å²) in [6.07, 6.45) is 0.